The Balaban J connectivity index is 1.74. The van der Waals surface area contributed by atoms with Crippen LogP contribution in [-0.4, -0.2) is 31.2 Å². The Morgan fingerprint density at radius 1 is 0.692 bits per heavy atom. The third-order valence-corrected chi connectivity index (χ3v) is 7.31. The minimum Gasteiger partial charge on any atom is -0.379 e. The summed E-state index contributed by atoms with van der Waals surface area (Å²) in [6.07, 6.45) is 0. The molecular formula is C23H24NOP. The van der Waals surface area contributed by atoms with Crippen molar-refractivity contribution in [1.29, 1.82) is 0 Å². The van der Waals surface area contributed by atoms with Gasteiger partial charge in [-0.2, -0.15) is 0 Å². The first kappa shape index (κ1) is 17.4. The van der Waals surface area contributed by atoms with Crippen molar-refractivity contribution in [3.63, 3.8) is 0 Å². The van der Waals surface area contributed by atoms with Crippen molar-refractivity contribution in [2.24, 2.45) is 0 Å². The number of ether oxygens (including phenoxy) is 1. The van der Waals surface area contributed by atoms with Gasteiger partial charge in [-0.3, -0.25) is 4.90 Å². The van der Waals surface area contributed by atoms with Crippen molar-refractivity contribution in [3.05, 3.63) is 90.5 Å². The van der Waals surface area contributed by atoms with Gasteiger partial charge in [0.05, 0.1) is 13.2 Å². The molecule has 4 rings (SSSR count). The molecule has 3 heteroatoms. The standard InChI is InChI=1S/C23H24NOP/c1-3-10-21(11-4-1)26(22-12-5-2-6-13-22)23-14-8-7-9-20(23)19-24-15-17-25-18-16-24/h1-14H,15-19H2. The third-order valence-electron chi connectivity index (χ3n) is 4.76. The van der Waals surface area contributed by atoms with E-state index in [0.717, 1.165) is 32.8 Å². The summed E-state index contributed by atoms with van der Waals surface area (Å²) in [7, 11) is -0.552. The number of benzene rings is 3. The summed E-state index contributed by atoms with van der Waals surface area (Å²) < 4.78 is 5.52. The van der Waals surface area contributed by atoms with Gasteiger partial charge in [0.15, 0.2) is 0 Å². The lowest BCUT2D eigenvalue weighted by Gasteiger charge is -2.29. The monoisotopic (exact) mass is 361 g/mol. The van der Waals surface area contributed by atoms with E-state index < -0.39 is 7.92 Å². The molecular weight excluding hydrogens is 337 g/mol. The molecule has 0 saturated carbocycles. The Bertz CT molecular complexity index is 776. The summed E-state index contributed by atoms with van der Waals surface area (Å²) >= 11 is 0. The Kier molecular flexibility index (Phi) is 5.76. The van der Waals surface area contributed by atoms with Crippen LogP contribution in [0.15, 0.2) is 84.9 Å². The summed E-state index contributed by atoms with van der Waals surface area (Å²) in [4.78, 5) is 2.51. The van der Waals surface area contributed by atoms with Crippen LogP contribution in [0.25, 0.3) is 0 Å². The van der Waals surface area contributed by atoms with Crippen molar-refractivity contribution in [2.75, 3.05) is 26.3 Å². The van der Waals surface area contributed by atoms with Gasteiger partial charge in [0.25, 0.3) is 0 Å². The molecule has 0 unspecified atom stereocenters. The molecule has 3 aromatic carbocycles. The van der Waals surface area contributed by atoms with Gasteiger partial charge in [-0.15, -0.1) is 0 Å². The predicted molar refractivity (Wildman–Crippen MR) is 111 cm³/mol. The van der Waals surface area contributed by atoms with Crippen molar-refractivity contribution >= 4 is 23.8 Å². The van der Waals surface area contributed by atoms with Crippen LogP contribution in [0.1, 0.15) is 5.56 Å². The highest BCUT2D eigenvalue weighted by molar-refractivity contribution is 7.79. The van der Waals surface area contributed by atoms with E-state index in [9.17, 15) is 0 Å². The topological polar surface area (TPSA) is 12.5 Å². The Morgan fingerprint density at radius 2 is 1.23 bits per heavy atom. The average molecular weight is 361 g/mol. The molecule has 0 aliphatic carbocycles. The fourth-order valence-electron chi connectivity index (χ4n) is 3.44. The summed E-state index contributed by atoms with van der Waals surface area (Å²) in [6, 6.07) is 30.8. The molecule has 3 aromatic rings. The molecule has 0 spiro atoms. The van der Waals surface area contributed by atoms with Gasteiger partial charge in [0, 0.05) is 19.6 Å². The van der Waals surface area contributed by atoms with Gasteiger partial charge < -0.3 is 4.74 Å². The summed E-state index contributed by atoms with van der Waals surface area (Å²) in [5.41, 5.74) is 1.44. The third kappa shape index (κ3) is 4.04. The van der Waals surface area contributed by atoms with Gasteiger partial charge in [-0.1, -0.05) is 84.9 Å². The zero-order chi connectivity index (χ0) is 17.6. The lowest BCUT2D eigenvalue weighted by Crippen LogP contribution is -2.37. The predicted octanol–water partition coefficient (Wildman–Crippen LogP) is 3.28. The van der Waals surface area contributed by atoms with Crippen molar-refractivity contribution in [3.8, 4) is 0 Å². The van der Waals surface area contributed by atoms with E-state index in [1.54, 1.807) is 0 Å². The largest absolute Gasteiger partial charge is 0.379 e. The van der Waals surface area contributed by atoms with Crippen LogP contribution < -0.4 is 15.9 Å². The zero-order valence-corrected chi connectivity index (χ0v) is 15.8. The maximum atomic E-state index is 5.52. The van der Waals surface area contributed by atoms with E-state index in [1.807, 2.05) is 0 Å². The number of rotatable bonds is 5. The van der Waals surface area contributed by atoms with E-state index in [1.165, 1.54) is 21.5 Å². The van der Waals surface area contributed by atoms with Crippen LogP contribution in [0, 0.1) is 0 Å². The quantitative estimate of drug-likeness (QED) is 0.647. The summed E-state index contributed by atoms with van der Waals surface area (Å²) in [5.74, 6) is 0. The smallest absolute Gasteiger partial charge is 0.0594 e. The second-order valence-corrected chi connectivity index (χ2v) is 8.71. The van der Waals surface area contributed by atoms with E-state index in [4.69, 9.17) is 4.74 Å². The molecule has 0 radical (unpaired) electrons. The summed E-state index contributed by atoms with van der Waals surface area (Å²) in [5, 5.41) is 4.28. The van der Waals surface area contributed by atoms with E-state index in [0.29, 0.717) is 0 Å². The van der Waals surface area contributed by atoms with Crippen LogP contribution in [0.5, 0.6) is 0 Å². The molecule has 0 amide bonds. The fourth-order valence-corrected chi connectivity index (χ4v) is 5.91. The first-order chi connectivity index (χ1) is 12.9. The van der Waals surface area contributed by atoms with Gasteiger partial charge in [-0.05, 0) is 29.4 Å². The Hall–Kier alpha value is -1.99. The molecule has 0 atom stereocenters. The van der Waals surface area contributed by atoms with Crippen molar-refractivity contribution in [1.82, 2.24) is 4.90 Å². The minimum absolute atomic E-state index is 0.552. The van der Waals surface area contributed by atoms with Crippen LogP contribution in [0.3, 0.4) is 0 Å². The molecule has 1 aliphatic rings. The first-order valence-electron chi connectivity index (χ1n) is 9.20. The van der Waals surface area contributed by atoms with Crippen LogP contribution in [0.4, 0.5) is 0 Å². The lowest BCUT2D eigenvalue weighted by molar-refractivity contribution is 0.0343. The fraction of sp³-hybridized carbons (Fsp3) is 0.217. The molecule has 2 nitrogen and oxygen atoms in total. The van der Waals surface area contributed by atoms with Crippen LogP contribution in [-0.2, 0) is 11.3 Å². The van der Waals surface area contributed by atoms with Crippen LogP contribution in [0.2, 0.25) is 0 Å². The highest BCUT2D eigenvalue weighted by Crippen LogP contribution is 2.34. The normalized spacial score (nSPS) is 15.3. The van der Waals surface area contributed by atoms with E-state index >= 15 is 0 Å². The minimum atomic E-state index is -0.552. The second-order valence-electron chi connectivity index (χ2n) is 6.52. The molecule has 0 bridgehead atoms. The number of nitrogens with zero attached hydrogens (tertiary/aromatic N) is 1. The maximum absolute atomic E-state index is 5.52. The highest BCUT2D eigenvalue weighted by Gasteiger charge is 2.20. The van der Waals surface area contributed by atoms with Gasteiger partial charge in [-0.25, -0.2) is 0 Å². The van der Waals surface area contributed by atoms with Gasteiger partial charge >= 0.3 is 0 Å². The summed E-state index contributed by atoms with van der Waals surface area (Å²) in [6.45, 7) is 4.71. The van der Waals surface area contributed by atoms with Gasteiger partial charge in [0.1, 0.15) is 0 Å². The Labute approximate surface area is 157 Å². The Morgan fingerprint density at radius 3 is 1.85 bits per heavy atom. The SMILES string of the molecule is c1ccc(P(c2ccccc2)c2ccccc2CN2CCOCC2)cc1. The van der Waals surface area contributed by atoms with Crippen molar-refractivity contribution < 1.29 is 4.74 Å². The maximum Gasteiger partial charge on any atom is 0.0594 e. The molecule has 1 fully saturated rings. The molecule has 0 N–H and O–H groups in total. The first-order valence-corrected chi connectivity index (χ1v) is 10.5. The zero-order valence-electron chi connectivity index (χ0n) is 14.9. The van der Waals surface area contributed by atoms with Crippen molar-refractivity contribution in [2.45, 2.75) is 6.54 Å². The molecule has 1 heterocycles. The highest BCUT2D eigenvalue weighted by atomic mass is 31.1. The van der Waals surface area contributed by atoms with Gasteiger partial charge in [0.2, 0.25) is 0 Å². The van der Waals surface area contributed by atoms with E-state index in [2.05, 4.69) is 89.8 Å². The van der Waals surface area contributed by atoms with E-state index in [-0.39, 0.29) is 0 Å². The molecule has 1 aliphatic heterocycles. The molecule has 132 valence electrons. The van der Waals surface area contributed by atoms with Crippen LogP contribution >= 0.6 is 7.92 Å². The second kappa shape index (κ2) is 8.60. The number of hydrogen-bond donors (Lipinski definition) is 0. The molecule has 1 saturated heterocycles. The molecule has 26 heavy (non-hydrogen) atoms. The lowest BCUT2D eigenvalue weighted by atomic mass is 10.2. The number of morpholine rings is 1. The number of hydrogen-bond acceptors (Lipinski definition) is 2. The molecule has 0 aromatic heterocycles. The average Bonchev–Trinajstić information content (AvgIpc) is 2.72.